The molecule has 0 heterocycles. The minimum atomic E-state index is -1.56. The molecular formula is C3H5Cl3N4. The van der Waals surface area contributed by atoms with Crippen molar-refractivity contribution in [1.82, 2.24) is 0 Å². The number of nitrogens with two attached hydrogens (primary N) is 2. The van der Waals surface area contributed by atoms with Crippen LogP contribution in [0, 0.1) is 0 Å². The Balaban J connectivity index is 3.90. The first-order valence-corrected chi connectivity index (χ1v) is 3.25. The second-order valence-electron chi connectivity index (χ2n) is 1.31. The smallest absolute Gasteiger partial charge is 0.227 e. The largest absolute Gasteiger partial charge is 0.369 e. The number of halogens is 3. The van der Waals surface area contributed by atoms with Gasteiger partial charge in [0.2, 0.25) is 9.75 Å². The maximum Gasteiger partial charge on any atom is 0.227 e. The van der Waals surface area contributed by atoms with Crippen molar-refractivity contribution >= 4 is 47.0 Å². The predicted octanol–water partition coefficient (Wildman–Crippen LogP) is 0.616. The van der Waals surface area contributed by atoms with Crippen LogP contribution in [0.2, 0.25) is 0 Å². The van der Waals surface area contributed by atoms with Crippen molar-refractivity contribution in [2.75, 3.05) is 0 Å². The summed E-state index contributed by atoms with van der Waals surface area (Å²) in [5, 5.41) is 6.46. The summed E-state index contributed by atoms with van der Waals surface area (Å²) in [6.45, 7) is 0. The fraction of sp³-hybridized carbons (Fsp3) is 0.333. The fourth-order valence-corrected chi connectivity index (χ4v) is 0.292. The van der Waals surface area contributed by atoms with Crippen molar-refractivity contribution < 1.29 is 0 Å². The van der Waals surface area contributed by atoms with E-state index in [-0.39, 0.29) is 5.96 Å². The standard InChI is InChI=1S/C3H5Cl3N4/c4-3(5,6)1-9-10-2(7)8/h1H,(H4,7,8,10)/b9-1+. The fourth-order valence-electron chi connectivity index (χ4n) is 0.161. The van der Waals surface area contributed by atoms with Crippen LogP contribution in [-0.4, -0.2) is 16.0 Å². The minimum absolute atomic E-state index is 0.189. The van der Waals surface area contributed by atoms with Gasteiger partial charge in [0, 0.05) is 0 Å². The Labute approximate surface area is 72.8 Å². The molecule has 0 saturated heterocycles. The topological polar surface area (TPSA) is 76.8 Å². The number of rotatable bonds is 1. The molecule has 58 valence electrons. The Morgan fingerprint density at radius 3 is 2.10 bits per heavy atom. The molecule has 0 aromatic heterocycles. The van der Waals surface area contributed by atoms with Crippen LogP contribution in [0.15, 0.2) is 10.2 Å². The van der Waals surface area contributed by atoms with Crippen molar-refractivity contribution in [3.8, 4) is 0 Å². The molecule has 0 spiro atoms. The van der Waals surface area contributed by atoms with E-state index in [0.29, 0.717) is 0 Å². The quantitative estimate of drug-likeness (QED) is 0.284. The van der Waals surface area contributed by atoms with Crippen LogP contribution in [0.1, 0.15) is 0 Å². The first-order chi connectivity index (χ1) is 4.42. The zero-order valence-corrected chi connectivity index (χ0v) is 7.03. The molecule has 0 saturated carbocycles. The van der Waals surface area contributed by atoms with Crippen LogP contribution in [0.5, 0.6) is 0 Å². The highest BCUT2D eigenvalue weighted by Crippen LogP contribution is 2.22. The number of alkyl halides is 3. The van der Waals surface area contributed by atoms with Gasteiger partial charge in [0.25, 0.3) is 0 Å². The highest BCUT2D eigenvalue weighted by molar-refractivity contribution is 6.74. The molecule has 4 N–H and O–H groups in total. The normalized spacial score (nSPS) is 11.9. The molecule has 0 unspecified atom stereocenters. The Hall–Kier alpha value is -0.190. The SMILES string of the molecule is NC(N)=N/N=C/C(Cl)(Cl)Cl. The van der Waals surface area contributed by atoms with Gasteiger partial charge in [-0.3, -0.25) is 0 Å². The van der Waals surface area contributed by atoms with Gasteiger partial charge in [-0.05, 0) is 0 Å². The molecule has 0 aromatic rings. The average Bonchev–Trinajstić information content (AvgIpc) is 1.59. The van der Waals surface area contributed by atoms with E-state index >= 15 is 0 Å². The summed E-state index contributed by atoms with van der Waals surface area (Å²) in [6, 6.07) is 0. The lowest BCUT2D eigenvalue weighted by atomic mass is 10.9. The summed E-state index contributed by atoms with van der Waals surface area (Å²) < 4.78 is -1.56. The van der Waals surface area contributed by atoms with E-state index < -0.39 is 3.79 Å². The van der Waals surface area contributed by atoms with Crippen LogP contribution < -0.4 is 11.5 Å². The lowest BCUT2D eigenvalue weighted by Crippen LogP contribution is -2.22. The second-order valence-corrected chi connectivity index (χ2v) is 3.68. The summed E-state index contributed by atoms with van der Waals surface area (Å²) in [4.78, 5) is 0. The molecule has 0 rings (SSSR count). The number of hydrogen-bond donors (Lipinski definition) is 2. The molecule has 0 radical (unpaired) electrons. The molecule has 0 aliphatic rings. The van der Waals surface area contributed by atoms with E-state index in [2.05, 4.69) is 10.2 Å². The van der Waals surface area contributed by atoms with Crippen molar-refractivity contribution in [1.29, 1.82) is 0 Å². The molecule has 0 aliphatic heterocycles. The van der Waals surface area contributed by atoms with Gasteiger partial charge in [0.1, 0.15) is 0 Å². The molecule has 0 atom stereocenters. The minimum Gasteiger partial charge on any atom is -0.369 e. The summed E-state index contributed by atoms with van der Waals surface area (Å²) in [5.74, 6) is -0.189. The average molecular weight is 203 g/mol. The Morgan fingerprint density at radius 2 is 1.80 bits per heavy atom. The van der Waals surface area contributed by atoms with E-state index in [0.717, 1.165) is 6.21 Å². The Morgan fingerprint density at radius 1 is 1.30 bits per heavy atom. The van der Waals surface area contributed by atoms with Gasteiger partial charge in [-0.2, -0.15) is 5.10 Å². The number of hydrogen-bond acceptors (Lipinski definition) is 2. The van der Waals surface area contributed by atoms with Crippen molar-refractivity contribution in [2.45, 2.75) is 3.79 Å². The van der Waals surface area contributed by atoms with Gasteiger partial charge in [0.15, 0.2) is 0 Å². The predicted molar refractivity (Wildman–Crippen MR) is 44.6 cm³/mol. The molecule has 0 fully saturated rings. The summed E-state index contributed by atoms with van der Waals surface area (Å²) in [6.07, 6.45) is 0.984. The molecule has 0 aliphatic carbocycles. The van der Waals surface area contributed by atoms with E-state index in [9.17, 15) is 0 Å². The van der Waals surface area contributed by atoms with E-state index in [1.807, 2.05) is 0 Å². The molecule has 7 heteroatoms. The number of nitrogens with zero attached hydrogens (tertiary/aromatic N) is 2. The highest BCUT2D eigenvalue weighted by Gasteiger charge is 2.14. The first-order valence-electron chi connectivity index (χ1n) is 2.11. The van der Waals surface area contributed by atoms with E-state index in [1.54, 1.807) is 0 Å². The van der Waals surface area contributed by atoms with Gasteiger partial charge >= 0.3 is 0 Å². The van der Waals surface area contributed by atoms with Crippen molar-refractivity contribution in [3.05, 3.63) is 0 Å². The number of guanidine groups is 1. The lowest BCUT2D eigenvalue weighted by Gasteiger charge is -1.98. The third-order valence-corrected chi connectivity index (χ3v) is 0.670. The molecule has 10 heavy (non-hydrogen) atoms. The van der Waals surface area contributed by atoms with Gasteiger partial charge in [0.05, 0.1) is 6.21 Å². The molecule has 0 bridgehead atoms. The molecule has 0 amide bonds. The van der Waals surface area contributed by atoms with Crippen LogP contribution in [0.25, 0.3) is 0 Å². The summed E-state index contributed by atoms with van der Waals surface area (Å²) in [7, 11) is 0. The van der Waals surface area contributed by atoms with Crippen molar-refractivity contribution in [2.24, 2.45) is 21.7 Å². The molecular weight excluding hydrogens is 198 g/mol. The monoisotopic (exact) mass is 202 g/mol. The van der Waals surface area contributed by atoms with Crippen molar-refractivity contribution in [3.63, 3.8) is 0 Å². The lowest BCUT2D eigenvalue weighted by molar-refractivity contribution is 1.20. The zero-order valence-electron chi connectivity index (χ0n) is 4.76. The van der Waals surface area contributed by atoms with Gasteiger partial charge < -0.3 is 11.5 Å². The van der Waals surface area contributed by atoms with Crippen LogP contribution >= 0.6 is 34.8 Å². The Kier molecular flexibility index (Phi) is 3.78. The van der Waals surface area contributed by atoms with Gasteiger partial charge in [-0.1, -0.05) is 34.8 Å². The summed E-state index contributed by atoms with van der Waals surface area (Å²) >= 11 is 15.7. The third-order valence-electron chi connectivity index (χ3n) is 0.377. The van der Waals surface area contributed by atoms with Crippen LogP contribution in [0.4, 0.5) is 0 Å². The molecule has 4 nitrogen and oxygen atoms in total. The maximum atomic E-state index is 5.25. The first kappa shape index (κ1) is 9.81. The highest BCUT2D eigenvalue weighted by atomic mass is 35.6. The second kappa shape index (κ2) is 3.85. The van der Waals surface area contributed by atoms with E-state index in [1.165, 1.54) is 0 Å². The van der Waals surface area contributed by atoms with E-state index in [4.69, 9.17) is 46.3 Å². The molecule has 0 aromatic carbocycles. The van der Waals surface area contributed by atoms with Gasteiger partial charge in [-0.25, -0.2) is 0 Å². The zero-order chi connectivity index (χ0) is 8.20. The van der Waals surface area contributed by atoms with Crippen LogP contribution in [-0.2, 0) is 0 Å². The van der Waals surface area contributed by atoms with Gasteiger partial charge in [-0.15, -0.1) is 5.10 Å². The maximum absolute atomic E-state index is 5.25. The third kappa shape index (κ3) is 7.81. The van der Waals surface area contributed by atoms with Crippen LogP contribution in [0.3, 0.4) is 0 Å². The summed E-state index contributed by atoms with van der Waals surface area (Å²) in [5.41, 5.74) is 9.81. The Bertz CT molecular complexity index is 154.